The van der Waals surface area contributed by atoms with Crippen LogP contribution in [0.4, 0.5) is 0 Å². The number of nitrogens with two attached hydrogens (primary N) is 1. The fourth-order valence-electron chi connectivity index (χ4n) is 2.31. The molecule has 25 heavy (non-hydrogen) atoms. The number of amides is 1. The second kappa shape index (κ2) is 6.59. The molecule has 7 heteroatoms. The van der Waals surface area contributed by atoms with Crippen LogP contribution in [0, 0.1) is 11.3 Å². The molecule has 0 spiro atoms. The van der Waals surface area contributed by atoms with Crippen molar-refractivity contribution >= 4 is 17.5 Å². The lowest BCUT2D eigenvalue weighted by Crippen LogP contribution is -2.30. The molecule has 0 radical (unpaired) electrons. The van der Waals surface area contributed by atoms with Gasteiger partial charge in [0.2, 0.25) is 0 Å². The van der Waals surface area contributed by atoms with Crippen LogP contribution in [0.2, 0.25) is 5.02 Å². The number of hydrogen-bond donors (Lipinski definition) is 1. The molecule has 3 aromatic rings. The summed E-state index contributed by atoms with van der Waals surface area (Å²) < 4.78 is 1.06. The Labute approximate surface area is 147 Å². The van der Waals surface area contributed by atoms with Crippen LogP contribution in [0.25, 0.3) is 16.9 Å². The predicted molar refractivity (Wildman–Crippen MR) is 93.5 cm³/mol. The van der Waals surface area contributed by atoms with Crippen molar-refractivity contribution in [1.29, 1.82) is 5.26 Å². The maximum atomic E-state index is 12.5. The van der Waals surface area contributed by atoms with Gasteiger partial charge < -0.3 is 5.73 Å². The van der Waals surface area contributed by atoms with Crippen molar-refractivity contribution in [2.24, 2.45) is 5.73 Å². The number of nitriles is 1. The zero-order valence-corrected chi connectivity index (χ0v) is 13.6. The van der Waals surface area contributed by atoms with E-state index in [9.17, 15) is 9.59 Å². The number of primary amides is 1. The first-order chi connectivity index (χ1) is 12.0. The fraction of sp³-hybridized carbons (Fsp3) is 0. The Hall–Kier alpha value is -3.43. The van der Waals surface area contributed by atoms with Gasteiger partial charge in [0, 0.05) is 10.6 Å². The maximum absolute atomic E-state index is 12.5. The van der Waals surface area contributed by atoms with E-state index in [0.29, 0.717) is 27.5 Å². The molecule has 122 valence electrons. The molecular formula is C18H11ClN4O2. The summed E-state index contributed by atoms with van der Waals surface area (Å²) in [6, 6.07) is 16.5. The number of nitrogens with zero attached hydrogens (tertiary/aromatic N) is 3. The molecule has 1 amide bonds. The van der Waals surface area contributed by atoms with Crippen molar-refractivity contribution < 1.29 is 4.79 Å². The second-order valence-electron chi connectivity index (χ2n) is 5.19. The van der Waals surface area contributed by atoms with Gasteiger partial charge in [-0.1, -0.05) is 29.8 Å². The van der Waals surface area contributed by atoms with Gasteiger partial charge in [-0.2, -0.15) is 15.0 Å². The summed E-state index contributed by atoms with van der Waals surface area (Å²) in [6.07, 6.45) is 0. The second-order valence-corrected chi connectivity index (χ2v) is 5.63. The molecule has 0 atom stereocenters. The highest BCUT2D eigenvalue weighted by molar-refractivity contribution is 6.30. The van der Waals surface area contributed by atoms with Crippen LogP contribution in [0.1, 0.15) is 15.9 Å². The van der Waals surface area contributed by atoms with Crippen LogP contribution in [0.15, 0.2) is 59.4 Å². The molecule has 3 rings (SSSR count). The smallest absolute Gasteiger partial charge is 0.284 e. The minimum atomic E-state index is -0.854. The van der Waals surface area contributed by atoms with E-state index in [1.807, 2.05) is 6.07 Å². The fourth-order valence-corrected chi connectivity index (χ4v) is 2.44. The van der Waals surface area contributed by atoms with Gasteiger partial charge in [-0.05, 0) is 36.4 Å². The highest BCUT2D eigenvalue weighted by Crippen LogP contribution is 2.20. The van der Waals surface area contributed by atoms with Crippen LogP contribution < -0.4 is 11.3 Å². The highest BCUT2D eigenvalue weighted by Gasteiger charge is 2.15. The minimum Gasteiger partial charge on any atom is -0.365 e. The molecule has 0 saturated carbocycles. The Bertz CT molecular complexity index is 1070. The number of carbonyl (C=O) groups excluding carboxylic acids is 1. The molecule has 0 bridgehead atoms. The number of aromatic nitrogens is 2. The van der Waals surface area contributed by atoms with E-state index in [2.05, 4.69) is 5.10 Å². The normalized spacial score (nSPS) is 10.2. The summed E-state index contributed by atoms with van der Waals surface area (Å²) in [7, 11) is 0. The van der Waals surface area contributed by atoms with Gasteiger partial charge in [0.25, 0.3) is 11.5 Å². The van der Waals surface area contributed by atoms with Crippen molar-refractivity contribution in [2.75, 3.05) is 0 Å². The molecule has 2 aromatic carbocycles. The molecule has 1 heterocycles. The molecule has 0 aliphatic carbocycles. The minimum absolute atomic E-state index is 0.192. The Morgan fingerprint density at radius 2 is 1.88 bits per heavy atom. The zero-order chi connectivity index (χ0) is 18.0. The summed E-state index contributed by atoms with van der Waals surface area (Å²) in [5.74, 6) is -0.854. The summed E-state index contributed by atoms with van der Waals surface area (Å²) >= 11 is 5.89. The van der Waals surface area contributed by atoms with E-state index in [-0.39, 0.29) is 5.56 Å². The van der Waals surface area contributed by atoms with Crippen molar-refractivity contribution in [3.8, 4) is 23.0 Å². The number of hydrogen-bond acceptors (Lipinski definition) is 4. The Morgan fingerprint density at radius 1 is 1.16 bits per heavy atom. The Balaban J connectivity index is 2.27. The summed E-state index contributed by atoms with van der Waals surface area (Å²) in [5.41, 5.74) is 6.26. The van der Waals surface area contributed by atoms with Crippen molar-refractivity contribution in [3.63, 3.8) is 0 Å². The predicted octanol–water partition coefficient (Wildman–Crippen LogP) is 2.52. The standard InChI is InChI=1S/C18H11ClN4O2/c19-13-6-4-12(5-7-13)16-9-15(17(21)24)18(25)23(22-16)14-3-1-2-11(8-14)10-20/h1-9H,(H2,21,24). The van der Waals surface area contributed by atoms with E-state index in [0.717, 1.165) is 4.68 Å². The summed E-state index contributed by atoms with van der Waals surface area (Å²) in [4.78, 5) is 24.2. The van der Waals surface area contributed by atoms with Gasteiger partial charge in [-0.25, -0.2) is 0 Å². The first kappa shape index (κ1) is 16.4. The summed E-state index contributed by atoms with van der Waals surface area (Å²) in [6.45, 7) is 0. The van der Waals surface area contributed by atoms with Crippen LogP contribution in [0.3, 0.4) is 0 Å². The molecule has 0 aliphatic rings. The largest absolute Gasteiger partial charge is 0.365 e. The quantitative estimate of drug-likeness (QED) is 0.784. The molecule has 6 nitrogen and oxygen atoms in total. The van der Waals surface area contributed by atoms with E-state index in [1.54, 1.807) is 42.5 Å². The Kier molecular flexibility index (Phi) is 4.33. The SMILES string of the molecule is N#Cc1cccc(-n2nc(-c3ccc(Cl)cc3)cc(C(N)=O)c2=O)c1. The third kappa shape index (κ3) is 3.27. The topological polar surface area (TPSA) is 102 Å². The van der Waals surface area contributed by atoms with Crippen LogP contribution in [0.5, 0.6) is 0 Å². The van der Waals surface area contributed by atoms with E-state index in [4.69, 9.17) is 22.6 Å². The van der Waals surface area contributed by atoms with Gasteiger partial charge >= 0.3 is 0 Å². The van der Waals surface area contributed by atoms with E-state index < -0.39 is 11.5 Å². The maximum Gasteiger partial charge on any atom is 0.284 e. The van der Waals surface area contributed by atoms with Crippen LogP contribution in [-0.4, -0.2) is 15.7 Å². The highest BCUT2D eigenvalue weighted by atomic mass is 35.5. The molecule has 0 fully saturated rings. The lowest BCUT2D eigenvalue weighted by atomic mass is 10.1. The monoisotopic (exact) mass is 350 g/mol. The van der Waals surface area contributed by atoms with Crippen LogP contribution in [-0.2, 0) is 0 Å². The van der Waals surface area contributed by atoms with Crippen molar-refractivity contribution in [2.45, 2.75) is 0 Å². The molecule has 1 aromatic heterocycles. The lowest BCUT2D eigenvalue weighted by molar-refractivity contribution is 0.0998. The van der Waals surface area contributed by atoms with Gasteiger partial charge in [0.1, 0.15) is 5.56 Å². The molecular weight excluding hydrogens is 340 g/mol. The van der Waals surface area contributed by atoms with E-state index in [1.165, 1.54) is 12.1 Å². The van der Waals surface area contributed by atoms with Crippen molar-refractivity contribution in [3.05, 3.63) is 81.1 Å². The van der Waals surface area contributed by atoms with E-state index >= 15 is 0 Å². The third-order valence-corrected chi connectivity index (χ3v) is 3.79. The average Bonchev–Trinajstić information content (AvgIpc) is 2.62. The van der Waals surface area contributed by atoms with Gasteiger partial charge in [0.05, 0.1) is 23.0 Å². The van der Waals surface area contributed by atoms with Crippen molar-refractivity contribution in [1.82, 2.24) is 9.78 Å². The molecule has 2 N–H and O–H groups in total. The first-order valence-corrected chi connectivity index (χ1v) is 7.58. The zero-order valence-electron chi connectivity index (χ0n) is 12.8. The Morgan fingerprint density at radius 3 is 2.52 bits per heavy atom. The molecule has 0 saturated heterocycles. The lowest BCUT2D eigenvalue weighted by Gasteiger charge is -2.10. The number of carbonyl (C=O) groups is 1. The number of halogens is 1. The third-order valence-electron chi connectivity index (χ3n) is 3.54. The van der Waals surface area contributed by atoms with Crippen LogP contribution >= 0.6 is 11.6 Å². The summed E-state index contributed by atoms with van der Waals surface area (Å²) in [5, 5.41) is 13.9. The molecule has 0 aliphatic heterocycles. The van der Waals surface area contributed by atoms with Gasteiger partial charge in [-0.3, -0.25) is 9.59 Å². The number of benzene rings is 2. The average molecular weight is 351 g/mol. The molecule has 0 unspecified atom stereocenters. The van der Waals surface area contributed by atoms with Gasteiger partial charge in [0.15, 0.2) is 0 Å². The van der Waals surface area contributed by atoms with Gasteiger partial charge in [-0.15, -0.1) is 0 Å². The first-order valence-electron chi connectivity index (χ1n) is 7.20. The number of rotatable bonds is 3.